The molecule has 0 fully saturated rings. The Labute approximate surface area is 157 Å². The van der Waals surface area contributed by atoms with Crippen molar-refractivity contribution in [2.45, 2.75) is 12.7 Å². The van der Waals surface area contributed by atoms with Crippen molar-refractivity contribution < 1.29 is 22.7 Å². The molecule has 1 aromatic heterocycles. The van der Waals surface area contributed by atoms with Crippen molar-refractivity contribution in [1.82, 2.24) is 10.3 Å². The first-order valence-electron chi connectivity index (χ1n) is 7.91. The maximum absolute atomic E-state index is 12.8. The number of hydrogen-bond acceptors (Lipinski definition) is 4. The van der Waals surface area contributed by atoms with E-state index in [-0.39, 0.29) is 12.2 Å². The molecule has 8 heteroatoms. The molecule has 0 aliphatic rings. The lowest BCUT2D eigenvalue weighted by Crippen LogP contribution is -2.23. The molecule has 0 unspecified atom stereocenters. The first-order valence-corrected chi connectivity index (χ1v) is 8.79. The summed E-state index contributed by atoms with van der Waals surface area (Å²) in [5.41, 5.74) is 0.578. The monoisotopic (exact) mass is 392 g/mol. The minimum Gasteiger partial charge on any atom is -0.496 e. The van der Waals surface area contributed by atoms with Crippen LogP contribution in [0.4, 0.5) is 13.2 Å². The quantitative estimate of drug-likeness (QED) is 0.681. The highest BCUT2D eigenvalue weighted by molar-refractivity contribution is 7.13. The van der Waals surface area contributed by atoms with E-state index in [1.807, 2.05) is 18.2 Å². The van der Waals surface area contributed by atoms with E-state index in [1.54, 1.807) is 18.6 Å². The van der Waals surface area contributed by atoms with Gasteiger partial charge in [0.2, 0.25) is 0 Å². The van der Waals surface area contributed by atoms with Crippen LogP contribution in [-0.4, -0.2) is 18.0 Å². The second-order valence-corrected chi connectivity index (χ2v) is 6.48. The molecule has 0 radical (unpaired) electrons. The Balaban J connectivity index is 1.70. The van der Waals surface area contributed by atoms with Crippen molar-refractivity contribution in [3.05, 3.63) is 70.7 Å². The molecule has 3 aromatic rings. The average molecular weight is 392 g/mol. The summed E-state index contributed by atoms with van der Waals surface area (Å²) in [7, 11) is 1.55. The number of rotatable bonds is 5. The number of amides is 1. The van der Waals surface area contributed by atoms with Crippen LogP contribution < -0.4 is 10.1 Å². The van der Waals surface area contributed by atoms with E-state index in [9.17, 15) is 18.0 Å². The minimum atomic E-state index is -4.42. The van der Waals surface area contributed by atoms with Crippen LogP contribution in [0, 0.1) is 0 Å². The molecule has 4 nitrogen and oxygen atoms in total. The molecule has 2 aromatic carbocycles. The fourth-order valence-electron chi connectivity index (χ4n) is 2.45. The normalized spacial score (nSPS) is 11.3. The van der Waals surface area contributed by atoms with Crippen LogP contribution in [0.3, 0.4) is 0 Å². The standard InChI is InChI=1S/C19H15F3N2O2S/c1-26-16-8-3-2-7-14(16)18-24-15(11-27-18)17(25)23-10-12-5-4-6-13(9-12)19(20,21)22/h2-9,11H,10H2,1H3,(H,23,25). The van der Waals surface area contributed by atoms with Gasteiger partial charge < -0.3 is 10.1 Å². The lowest BCUT2D eigenvalue weighted by Gasteiger charge is -2.09. The maximum atomic E-state index is 12.8. The first kappa shape index (κ1) is 18.9. The average Bonchev–Trinajstić information content (AvgIpc) is 3.15. The van der Waals surface area contributed by atoms with Gasteiger partial charge in [-0.1, -0.05) is 24.3 Å². The number of halogens is 3. The zero-order valence-corrected chi connectivity index (χ0v) is 15.0. The summed E-state index contributed by atoms with van der Waals surface area (Å²) < 4.78 is 43.5. The third-order valence-corrected chi connectivity index (χ3v) is 4.66. The molecule has 1 N–H and O–H groups in total. The number of methoxy groups -OCH3 is 1. The van der Waals surface area contributed by atoms with Gasteiger partial charge in [-0.05, 0) is 29.8 Å². The molecular weight excluding hydrogens is 377 g/mol. The molecule has 0 atom stereocenters. The zero-order chi connectivity index (χ0) is 19.4. The van der Waals surface area contributed by atoms with Crippen LogP contribution in [0.25, 0.3) is 10.6 Å². The number of aromatic nitrogens is 1. The summed E-state index contributed by atoms with van der Waals surface area (Å²) in [6.07, 6.45) is -4.42. The Bertz CT molecular complexity index is 954. The predicted molar refractivity (Wildman–Crippen MR) is 96.7 cm³/mol. The van der Waals surface area contributed by atoms with Gasteiger partial charge >= 0.3 is 6.18 Å². The van der Waals surface area contributed by atoms with Gasteiger partial charge in [0.25, 0.3) is 5.91 Å². The van der Waals surface area contributed by atoms with E-state index in [0.717, 1.165) is 17.7 Å². The van der Waals surface area contributed by atoms with Gasteiger partial charge in [0, 0.05) is 11.9 Å². The molecule has 27 heavy (non-hydrogen) atoms. The summed E-state index contributed by atoms with van der Waals surface area (Å²) in [6, 6.07) is 12.1. The van der Waals surface area contributed by atoms with E-state index >= 15 is 0 Å². The SMILES string of the molecule is COc1ccccc1-c1nc(C(=O)NCc2cccc(C(F)(F)F)c2)cs1. The molecule has 140 valence electrons. The highest BCUT2D eigenvalue weighted by atomic mass is 32.1. The second-order valence-electron chi connectivity index (χ2n) is 5.62. The van der Waals surface area contributed by atoms with Gasteiger partial charge in [-0.25, -0.2) is 4.98 Å². The van der Waals surface area contributed by atoms with Gasteiger partial charge in [-0.2, -0.15) is 13.2 Å². The van der Waals surface area contributed by atoms with Crippen LogP contribution >= 0.6 is 11.3 Å². The van der Waals surface area contributed by atoms with Crippen LogP contribution in [0.2, 0.25) is 0 Å². The van der Waals surface area contributed by atoms with Crippen LogP contribution in [0.15, 0.2) is 53.9 Å². The van der Waals surface area contributed by atoms with Crippen molar-refractivity contribution in [3.63, 3.8) is 0 Å². The zero-order valence-electron chi connectivity index (χ0n) is 14.2. The Hall–Kier alpha value is -2.87. The van der Waals surface area contributed by atoms with Crippen LogP contribution in [0.1, 0.15) is 21.6 Å². The molecule has 0 saturated carbocycles. The smallest absolute Gasteiger partial charge is 0.416 e. The summed E-state index contributed by atoms with van der Waals surface area (Å²) in [4.78, 5) is 16.6. The fourth-order valence-corrected chi connectivity index (χ4v) is 3.28. The molecule has 1 amide bonds. The Morgan fingerprint density at radius 2 is 1.96 bits per heavy atom. The minimum absolute atomic E-state index is 0.0235. The predicted octanol–water partition coefficient (Wildman–Crippen LogP) is 4.77. The second kappa shape index (κ2) is 7.79. The lowest BCUT2D eigenvalue weighted by atomic mass is 10.1. The topological polar surface area (TPSA) is 51.2 Å². The molecule has 1 heterocycles. The van der Waals surface area contributed by atoms with E-state index in [2.05, 4.69) is 10.3 Å². The molecule has 3 rings (SSSR count). The van der Waals surface area contributed by atoms with Gasteiger partial charge in [0.05, 0.1) is 18.2 Å². The van der Waals surface area contributed by atoms with Crippen molar-refractivity contribution in [2.75, 3.05) is 7.11 Å². The molecule has 0 bridgehead atoms. The lowest BCUT2D eigenvalue weighted by molar-refractivity contribution is -0.137. The summed E-state index contributed by atoms with van der Waals surface area (Å²) in [6.45, 7) is -0.0235. The maximum Gasteiger partial charge on any atom is 0.416 e. The molecular formula is C19H15F3N2O2S. The van der Waals surface area contributed by atoms with Gasteiger partial charge in [0.15, 0.2) is 0 Å². The van der Waals surface area contributed by atoms with Crippen molar-refractivity contribution in [3.8, 4) is 16.3 Å². The third-order valence-electron chi connectivity index (χ3n) is 3.78. The number of alkyl halides is 3. The van der Waals surface area contributed by atoms with Crippen molar-refractivity contribution >= 4 is 17.2 Å². The van der Waals surface area contributed by atoms with E-state index in [4.69, 9.17) is 4.74 Å². The molecule has 0 aliphatic heterocycles. The highest BCUT2D eigenvalue weighted by Crippen LogP contribution is 2.32. The Kier molecular flexibility index (Phi) is 5.46. The Morgan fingerprint density at radius 1 is 1.19 bits per heavy atom. The molecule has 0 aliphatic carbocycles. The summed E-state index contributed by atoms with van der Waals surface area (Å²) >= 11 is 1.29. The number of nitrogens with one attached hydrogen (secondary N) is 1. The van der Waals surface area contributed by atoms with Crippen molar-refractivity contribution in [2.24, 2.45) is 0 Å². The number of carbonyl (C=O) groups excluding carboxylic acids is 1. The molecule has 0 saturated heterocycles. The number of para-hydroxylation sites is 1. The Morgan fingerprint density at radius 3 is 2.70 bits per heavy atom. The number of hydrogen-bond donors (Lipinski definition) is 1. The van der Waals surface area contributed by atoms with E-state index in [0.29, 0.717) is 16.3 Å². The van der Waals surface area contributed by atoms with Crippen LogP contribution in [-0.2, 0) is 12.7 Å². The number of benzene rings is 2. The number of ether oxygens (including phenoxy) is 1. The summed E-state index contributed by atoms with van der Waals surface area (Å²) in [5, 5.41) is 4.82. The van der Waals surface area contributed by atoms with Gasteiger partial charge in [0.1, 0.15) is 16.5 Å². The van der Waals surface area contributed by atoms with Crippen molar-refractivity contribution in [1.29, 1.82) is 0 Å². The number of carbonyl (C=O) groups is 1. The number of thiazole rings is 1. The number of nitrogens with zero attached hydrogens (tertiary/aromatic N) is 1. The largest absolute Gasteiger partial charge is 0.496 e. The molecule has 0 spiro atoms. The summed E-state index contributed by atoms with van der Waals surface area (Å²) in [5.74, 6) is 0.188. The van der Waals surface area contributed by atoms with Gasteiger partial charge in [-0.3, -0.25) is 4.79 Å². The third kappa shape index (κ3) is 4.46. The fraction of sp³-hybridized carbons (Fsp3) is 0.158. The van der Waals surface area contributed by atoms with E-state index < -0.39 is 17.6 Å². The first-order chi connectivity index (χ1) is 12.9. The van der Waals surface area contributed by atoms with E-state index in [1.165, 1.54) is 23.5 Å². The van der Waals surface area contributed by atoms with Crippen LogP contribution in [0.5, 0.6) is 5.75 Å². The highest BCUT2D eigenvalue weighted by Gasteiger charge is 2.30. The van der Waals surface area contributed by atoms with Gasteiger partial charge in [-0.15, -0.1) is 11.3 Å².